The van der Waals surface area contributed by atoms with Gasteiger partial charge < -0.3 is 10.6 Å². The minimum atomic E-state index is -0.212. The van der Waals surface area contributed by atoms with E-state index in [-0.39, 0.29) is 17.9 Å². The molecule has 2 aromatic rings. The summed E-state index contributed by atoms with van der Waals surface area (Å²) in [5.74, 6) is -0.139. The molecule has 0 aliphatic carbocycles. The Kier molecular flexibility index (Phi) is 5.57. The third-order valence-corrected chi connectivity index (χ3v) is 6.02. The van der Waals surface area contributed by atoms with Crippen molar-refractivity contribution in [3.63, 3.8) is 0 Å². The van der Waals surface area contributed by atoms with E-state index in [1.54, 1.807) is 6.42 Å². The Labute approximate surface area is 164 Å². The van der Waals surface area contributed by atoms with Gasteiger partial charge in [-0.1, -0.05) is 17.7 Å². The Morgan fingerprint density at radius 2 is 2.00 bits per heavy atom. The second kappa shape index (κ2) is 8.26. The minimum absolute atomic E-state index is 0.0730. The van der Waals surface area contributed by atoms with Gasteiger partial charge in [-0.15, -0.1) is 5.10 Å². The smallest absolute Gasteiger partial charge is 0.234 e. The number of carbonyl (C=O) groups excluding carboxylic acids is 2. The molecule has 2 aliphatic rings. The number of rotatable bonds is 5. The number of fused-ring (bicyclic) bond motifs is 1. The molecule has 149 valence electrons. The number of primary amides is 1. The van der Waals surface area contributed by atoms with Crippen LogP contribution >= 0.6 is 0 Å². The summed E-state index contributed by atoms with van der Waals surface area (Å²) in [6.07, 6.45) is 7.16. The standard InChI is InChI=1S/C20H27N6O2/c21-20(28)18-3-1-2-10-26(18)15-8-11-25(12-9-15)19(27)7-5-14-4-6-16-17(13-14)23-24-22-16/h4,6-7,13,15,18H,1-3,5,8-12H2,(H2,21,28)(H,22,23,24). The van der Waals surface area contributed by atoms with Gasteiger partial charge in [0.05, 0.1) is 18.0 Å². The summed E-state index contributed by atoms with van der Waals surface area (Å²) in [6, 6.07) is 6.08. The van der Waals surface area contributed by atoms with Gasteiger partial charge in [-0.3, -0.25) is 19.6 Å². The molecule has 2 aliphatic heterocycles. The molecule has 1 aromatic heterocycles. The van der Waals surface area contributed by atoms with Gasteiger partial charge in [0.1, 0.15) is 5.52 Å². The number of hydrogen-bond donors (Lipinski definition) is 2. The van der Waals surface area contributed by atoms with Crippen LogP contribution in [0.15, 0.2) is 18.2 Å². The first-order valence-corrected chi connectivity index (χ1v) is 10.1. The third kappa shape index (κ3) is 4.01. The first-order chi connectivity index (χ1) is 13.6. The van der Waals surface area contributed by atoms with Gasteiger partial charge >= 0.3 is 0 Å². The molecule has 8 nitrogen and oxygen atoms in total. The van der Waals surface area contributed by atoms with E-state index >= 15 is 0 Å². The van der Waals surface area contributed by atoms with E-state index in [4.69, 9.17) is 5.73 Å². The number of aromatic amines is 1. The maximum atomic E-state index is 12.6. The molecule has 2 amide bonds. The molecule has 0 bridgehead atoms. The number of hydrogen-bond acceptors (Lipinski definition) is 5. The number of carbonyl (C=O) groups is 2. The Balaban J connectivity index is 1.28. The fraction of sp³-hybridized carbons (Fsp3) is 0.550. The Hall–Kier alpha value is -2.48. The Morgan fingerprint density at radius 3 is 2.79 bits per heavy atom. The number of likely N-dealkylation sites (tertiary alicyclic amines) is 2. The van der Waals surface area contributed by atoms with Crippen LogP contribution in [-0.4, -0.2) is 68.7 Å². The highest BCUT2D eigenvalue weighted by molar-refractivity contribution is 5.85. The summed E-state index contributed by atoms with van der Waals surface area (Å²) in [7, 11) is 0. The summed E-state index contributed by atoms with van der Waals surface area (Å²) in [5, 5.41) is 10.6. The Morgan fingerprint density at radius 1 is 1.18 bits per heavy atom. The lowest BCUT2D eigenvalue weighted by Gasteiger charge is -2.43. The molecule has 3 heterocycles. The molecule has 0 spiro atoms. The molecule has 0 saturated carbocycles. The van der Waals surface area contributed by atoms with Crippen molar-refractivity contribution in [3.8, 4) is 0 Å². The lowest BCUT2D eigenvalue weighted by Crippen LogP contribution is -2.55. The van der Waals surface area contributed by atoms with Crippen LogP contribution in [-0.2, 0) is 16.0 Å². The number of aromatic nitrogens is 3. The van der Waals surface area contributed by atoms with E-state index < -0.39 is 0 Å². The molecule has 1 unspecified atom stereocenters. The fourth-order valence-electron chi connectivity index (χ4n) is 4.46. The molecule has 8 heteroatoms. The normalized spacial score (nSPS) is 21.9. The van der Waals surface area contributed by atoms with Gasteiger partial charge in [0.25, 0.3) is 0 Å². The summed E-state index contributed by atoms with van der Waals surface area (Å²) in [6.45, 7) is 2.39. The molecular formula is C20H27N6O2. The van der Waals surface area contributed by atoms with E-state index in [0.717, 1.165) is 68.3 Å². The van der Waals surface area contributed by atoms with Gasteiger partial charge in [0.2, 0.25) is 11.8 Å². The molecule has 1 atom stereocenters. The molecule has 3 N–H and O–H groups in total. The summed E-state index contributed by atoms with van der Waals surface area (Å²) in [5.41, 5.74) is 8.35. The number of amides is 2. The maximum absolute atomic E-state index is 12.6. The molecule has 1 aromatic carbocycles. The predicted molar refractivity (Wildman–Crippen MR) is 105 cm³/mol. The van der Waals surface area contributed by atoms with Gasteiger partial charge in [0, 0.05) is 19.1 Å². The molecule has 28 heavy (non-hydrogen) atoms. The van der Waals surface area contributed by atoms with Crippen LogP contribution in [0.4, 0.5) is 0 Å². The maximum Gasteiger partial charge on any atom is 0.234 e. The van der Waals surface area contributed by atoms with E-state index in [9.17, 15) is 9.59 Å². The van der Waals surface area contributed by atoms with E-state index in [1.807, 2.05) is 23.1 Å². The second-order valence-corrected chi connectivity index (χ2v) is 7.78. The molecule has 1 radical (unpaired) electrons. The largest absolute Gasteiger partial charge is 0.368 e. The van der Waals surface area contributed by atoms with Gasteiger partial charge in [-0.25, -0.2) is 0 Å². The van der Waals surface area contributed by atoms with Crippen molar-refractivity contribution in [1.82, 2.24) is 25.2 Å². The lowest BCUT2D eigenvalue weighted by atomic mass is 9.94. The second-order valence-electron chi connectivity index (χ2n) is 7.78. The van der Waals surface area contributed by atoms with Crippen molar-refractivity contribution in [2.24, 2.45) is 5.73 Å². The minimum Gasteiger partial charge on any atom is -0.368 e. The van der Waals surface area contributed by atoms with Crippen molar-refractivity contribution >= 4 is 22.8 Å². The fourth-order valence-corrected chi connectivity index (χ4v) is 4.46. The van der Waals surface area contributed by atoms with Crippen LogP contribution < -0.4 is 5.73 Å². The van der Waals surface area contributed by atoms with E-state index in [2.05, 4.69) is 20.3 Å². The van der Waals surface area contributed by atoms with E-state index in [0.29, 0.717) is 12.5 Å². The molecule has 4 rings (SSSR count). The number of nitrogens with one attached hydrogen (secondary N) is 1. The van der Waals surface area contributed by atoms with Crippen molar-refractivity contribution in [3.05, 3.63) is 30.2 Å². The van der Waals surface area contributed by atoms with Gasteiger partial charge in [-0.2, -0.15) is 0 Å². The average molecular weight is 383 g/mol. The highest BCUT2D eigenvalue weighted by Crippen LogP contribution is 2.25. The van der Waals surface area contributed by atoms with Crippen molar-refractivity contribution in [1.29, 1.82) is 0 Å². The topological polar surface area (TPSA) is 108 Å². The highest BCUT2D eigenvalue weighted by Gasteiger charge is 2.34. The molecular weight excluding hydrogens is 356 g/mol. The average Bonchev–Trinajstić information content (AvgIpc) is 3.20. The Bertz CT molecular complexity index is 842. The first kappa shape index (κ1) is 18.9. The first-order valence-electron chi connectivity index (χ1n) is 10.1. The molecule has 2 saturated heterocycles. The van der Waals surface area contributed by atoms with Crippen molar-refractivity contribution in [2.45, 2.75) is 50.6 Å². The number of benzene rings is 1. The van der Waals surface area contributed by atoms with Crippen LogP contribution in [0.25, 0.3) is 11.0 Å². The van der Waals surface area contributed by atoms with Crippen LogP contribution in [0.3, 0.4) is 0 Å². The van der Waals surface area contributed by atoms with Crippen LogP contribution in [0.5, 0.6) is 0 Å². The summed E-state index contributed by atoms with van der Waals surface area (Å²) < 4.78 is 0. The zero-order chi connectivity index (χ0) is 19.5. The number of nitrogens with two attached hydrogens (primary N) is 1. The van der Waals surface area contributed by atoms with Crippen LogP contribution in [0, 0.1) is 6.42 Å². The monoisotopic (exact) mass is 383 g/mol. The van der Waals surface area contributed by atoms with Crippen LogP contribution in [0.2, 0.25) is 0 Å². The highest BCUT2D eigenvalue weighted by atomic mass is 16.2. The lowest BCUT2D eigenvalue weighted by molar-refractivity contribution is -0.131. The van der Waals surface area contributed by atoms with Crippen molar-refractivity contribution in [2.75, 3.05) is 19.6 Å². The predicted octanol–water partition coefficient (Wildman–Crippen LogP) is 1.04. The van der Waals surface area contributed by atoms with Gasteiger partial charge in [-0.05, 0) is 56.3 Å². The SMILES string of the molecule is NC(=O)C1CCCCN1C1CCN(C(=O)[CH]Cc2ccc3[nH]nnc3c2)CC1. The van der Waals surface area contributed by atoms with Gasteiger partial charge in [0.15, 0.2) is 0 Å². The summed E-state index contributed by atoms with van der Waals surface area (Å²) >= 11 is 0. The van der Waals surface area contributed by atoms with E-state index in [1.165, 1.54) is 0 Å². The molecule has 2 fully saturated rings. The zero-order valence-electron chi connectivity index (χ0n) is 16.0. The van der Waals surface area contributed by atoms with Crippen molar-refractivity contribution < 1.29 is 9.59 Å². The number of nitrogens with zero attached hydrogens (tertiary/aromatic N) is 4. The quantitative estimate of drug-likeness (QED) is 0.802. The number of piperidine rings is 2. The zero-order valence-corrected chi connectivity index (χ0v) is 16.0. The number of H-pyrrole nitrogens is 1. The third-order valence-electron chi connectivity index (χ3n) is 6.02. The summed E-state index contributed by atoms with van der Waals surface area (Å²) in [4.78, 5) is 28.5. The van der Waals surface area contributed by atoms with Crippen LogP contribution in [0.1, 0.15) is 37.7 Å².